The van der Waals surface area contributed by atoms with Crippen LogP contribution < -0.4 is 11.1 Å². The highest BCUT2D eigenvalue weighted by Gasteiger charge is 2.12. The van der Waals surface area contributed by atoms with Crippen molar-refractivity contribution in [2.75, 3.05) is 5.32 Å². The summed E-state index contributed by atoms with van der Waals surface area (Å²) in [5, 5.41) is 7.69. The Labute approximate surface area is 155 Å². The van der Waals surface area contributed by atoms with Crippen molar-refractivity contribution in [1.82, 2.24) is 9.78 Å². The maximum Gasteiger partial charge on any atom is 0.193 e. The molecule has 5 nitrogen and oxygen atoms in total. The summed E-state index contributed by atoms with van der Waals surface area (Å²) >= 11 is 0. The second-order valence-corrected chi connectivity index (χ2v) is 5.40. The fourth-order valence-electron chi connectivity index (χ4n) is 2.65. The van der Waals surface area contributed by atoms with E-state index < -0.39 is 0 Å². The molecule has 0 bridgehead atoms. The van der Waals surface area contributed by atoms with Crippen molar-refractivity contribution in [3.05, 3.63) is 46.8 Å². The van der Waals surface area contributed by atoms with Gasteiger partial charge in [0.2, 0.25) is 0 Å². The van der Waals surface area contributed by atoms with Gasteiger partial charge in [-0.25, -0.2) is 4.99 Å². The number of guanidine groups is 1. The van der Waals surface area contributed by atoms with E-state index in [1.807, 2.05) is 29.9 Å². The van der Waals surface area contributed by atoms with E-state index in [0.717, 1.165) is 24.2 Å². The van der Waals surface area contributed by atoms with E-state index in [-0.39, 0.29) is 24.0 Å². The highest BCUT2D eigenvalue weighted by Crippen LogP contribution is 2.16. The Hall–Kier alpha value is -1.57. The molecule has 2 rings (SSSR count). The predicted octanol–water partition coefficient (Wildman–Crippen LogP) is 3.40. The van der Waals surface area contributed by atoms with E-state index in [9.17, 15) is 0 Å². The van der Waals surface area contributed by atoms with Gasteiger partial charge in [-0.1, -0.05) is 26.0 Å². The van der Waals surface area contributed by atoms with E-state index in [0.29, 0.717) is 12.5 Å². The molecule has 0 amide bonds. The van der Waals surface area contributed by atoms with Gasteiger partial charge in [-0.15, -0.1) is 24.0 Å². The molecule has 0 fully saturated rings. The van der Waals surface area contributed by atoms with Gasteiger partial charge in [0, 0.05) is 24.0 Å². The van der Waals surface area contributed by atoms with E-state index in [1.54, 1.807) is 0 Å². The minimum Gasteiger partial charge on any atom is -0.370 e. The Morgan fingerprint density at radius 2 is 2.04 bits per heavy atom. The minimum absolute atomic E-state index is 0. The lowest BCUT2D eigenvalue weighted by Gasteiger charge is -2.07. The Balaban J connectivity index is 0.00000264. The van der Waals surface area contributed by atoms with Crippen molar-refractivity contribution in [3.8, 4) is 0 Å². The summed E-state index contributed by atoms with van der Waals surface area (Å²) in [6.45, 7) is 6.86. The van der Waals surface area contributed by atoms with Crippen LogP contribution in [0.2, 0.25) is 0 Å². The molecule has 0 aliphatic rings. The molecule has 1 aromatic carbocycles. The van der Waals surface area contributed by atoms with Gasteiger partial charge in [0.05, 0.1) is 12.2 Å². The monoisotopic (exact) mass is 427 g/mol. The topological polar surface area (TPSA) is 68.2 Å². The first kappa shape index (κ1) is 19.5. The summed E-state index contributed by atoms with van der Waals surface area (Å²) in [4.78, 5) is 4.48. The van der Waals surface area contributed by atoms with Crippen molar-refractivity contribution in [1.29, 1.82) is 0 Å². The van der Waals surface area contributed by atoms with Crippen molar-refractivity contribution in [2.24, 2.45) is 17.8 Å². The Kier molecular flexibility index (Phi) is 7.54. The number of nitrogens with two attached hydrogens (primary N) is 1. The first-order chi connectivity index (χ1) is 10.5. The van der Waals surface area contributed by atoms with Gasteiger partial charge in [-0.3, -0.25) is 4.68 Å². The first-order valence-corrected chi connectivity index (χ1v) is 7.72. The van der Waals surface area contributed by atoms with Crippen LogP contribution in [0.25, 0.3) is 0 Å². The summed E-state index contributed by atoms with van der Waals surface area (Å²) in [5.74, 6) is 0.429. The number of halogens is 1. The number of hydrogen-bond donors (Lipinski definition) is 2. The number of rotatable bonds is 5. The van der Waals surface area contributed by atoms with Crippen LogP contribution in [-0.2, 0) is 26.4 Å². The second-order valence-electron chi connectivity index (χ2n) is 5.40. The van der Waals surface area contributed by atoms with Crippen molar-refractivity contribution in [2.45, 2.75) is 40.2 Å². The molecule has 3 N–H and O–H groups in total. The zero-order chi connectivity index (χ0) is 16.1. The van der Waals surface area contributed by atoms with Gasteiger partial charge in [0.25, 0.3) is 0 Å². The molecule has 0 unspecified atom stereocenters. The van der Waals surface area contributed by atoms with Crippen LogP contribution in [0.1, 0.15) is 36.4 Å². The standard InChI is InChI=1S/C17H25N5.HI/c1-5-15-14(16(6-2)22(4)21-15)11-19-17(18)20-13-9-7-8-12(3)10-13;/h7-10H,5-6,11H2,1-4H3,(H3,18,19,20);1H. The van der Waals surface area contributed by atoms with Crippen molar-refractivity contribution in [3.63, 3.8) is 0 Å². The molecule has 0 radical (unpaired) electrons. The molecule has 6 heteroatoms. The predicted molar refractivity (Wildman–Crippen MR) is 108 cm³/mol. The molecule has 0 aliphatic carbocycles. The molecule has 0 atom stereocenters. The van der Waals surface area contributed by atoms with E-state index >= 15 is 0 Å². The van der Waals surface area contributed by atoms with Crippen molar-refractivity contribution < 1.29 is 0 Å². The Morgan fingerprint density at radius 3 is 2.65 bits per heavy atom. The fraction of sp³-hybridized carbons (Fsp3) is 0.412. The average molecular weight is 427 g/mol. The lowest BCUT2D eigenvalue weighted by molar-refractivity contribution is 0.703. The lowest BCUT2D eigenvalue weighted by atomic mass is 10.1. The van der Waals surface area contributed by atoms with E-state index in [1.165, 1.54) is 16.8 Å². The molecular formula is C17H26IN5. The SMILES string of the molecule is CCc1nn(C)c(CC)c1CN=C(N)Nc1cccc(C)c1.I. The highest BCUT2D eigenvalue weighted by atomic mass is 127. The van der Waals surface area contributed by atoms with Gasteiger partial charge in [0.15, 0.2) is 5.96 Å². The van der Waals surface area contributed by atoms with Gasteiger partial charge in [-0.2, -0.15) is 5.10 Å². The summed E-state index contributed by atoms with van der Waals surface area (Å²) in [5.41, 5.74) is 11.7. The third-order valence-corrected chi connectivity index (χ3v) is 3.73. The smallest absolute Gasteiger partial charge is 0.193 e. The van der Waals surface area contributed by atoms with Crippen LogP contribution in [-0.4, -0.2) is 15.7 Å². The zero-order valence-electron chi connectivity index (χ0n) is 14.3. The van der Waals surface area contributed by atoms with Gasteiger partial charge >= 0.3 is 0 Å². The largest absolute Gasteiger partial charge is 0.370 e. The average Bonchev–Trinajstić information content (AvgIpc) is 2.80. The third kappa shape index (κ3) is 4.95. The van der Waals surface area contributed by atoms with Crippen LogP contribution in [0, 0.1) is 6.92 Å². The Morgan fingerprint density at radius 1 is 1.30 bits per heavy atom. The normalized spacial score (nSPS) is 11.2. The summed E-state index contributed by atoms with van der Waals surface area (Å²) < 4.78 is 1.95. The van der Waals surface area contributed by atoms with Crippen LogP contribution >= 0.6 is 24.0 Å². The molecule has 1 heterocycles. The number of aliphatic imine (C=N–C) groups is 1. The number of nitrogens with one attached hydrogen (secondary N) is 1. The third-order valence-electron chi connectivity index (χ3n) is 3.73. The summed E-state index contributed by atoms with van der Waals surface area (Å²) in [6.07, 6.45) is 1.85. The first-order valence-electron chi connectivity index (χ1n) is 7.72. The molecule has 126 valence electrons. The summed E-state index contributed by atoms with van der Waals surface area (Å²) in [7, 11) is 1.99. The minimum atomic E-state index is 0. The number of nitrogens with zero attached hydrogens (tertiary/aromatic N) is 3. The second kappa shape index (κ2) is 8.90. The number of hydrogen-bond acceptors (Lipinski definition) is 2. The molecule has 0 aliphatic heterocycles. The van der Waals surface area contributed by atoms with Gasteiger partial charge < -0.3 is 11.1 Å². The maximum absolute atomic E-state index is 6.01. The van der Waals surface area contributed by atoms with E-state index in [4.69, 9.17) is 5.73 Å². The van der Waals surface area contributed by atoms with Crippen LogP contribution in [0.4, 0.5) is 5.69 Å². The molecule has 0 saturated heterocycles. The lowest BCUT2D eigenvalue weighted by Crippen LogP contribution is -2.22. The number of aryl methyl sites for hydroxylation is 3. The fourth-order valence-corrected chi connectivity index (χ4v) is 2.65. The maximum atomic E-state index is 6.01. The zero-order valence-corrected chi connectivity index (χ0v) is 16.6. The number of anilines is 1. The van der Waals surface area contributed by atoms with Gasteiger partial charge in [0.1, 0.15) is 0 Å². The molecule has 2 aromatic rings. The number of aromatic nitrogens is 2. The molecule has 23 heavy (non-hydrogen) atoms. The molecule has 1 aromatic heterocycles. The highest BCUT2D eigenvalue weighted by molar-refractivity contribution is 14.0. The van der Waals surface area contributed by atoms with Crippen LogP contribution in [0.5, 0.6) is 0 Å². The number of benzene rings is 1. The Bertz CT molecular complexity index is 676. The quantitative estimate of drug-likeness (QED) is 0.437. The molecule has 0 spiro atoms. The summed E-state index contributed by atoms with van der Waals surface area (Å²) in [6, 6.07) is 8.07. The molecule has 0 saturated carbocycles. The van der Waals surface area contributed by atoms with Gasteiger partial charge in [-0.05, 0) is 37.5 Å². The van der Waals surface area contributed by atoms with E-state index in [2.05, 4.69) is 42.2 Å². The molecular weight excluding hydrogens is 401 g/mol. The van der Waals surface area contributed by atoms with Crippen LogP contribution in [0.15, 0.2) is 29.3 Å². The van der Waals surface area contributed by atoms with Crippen molar-refractivity contribution >= 4 is 35.6 Å². The van der Waals surface area contributed by atoms with Crippen LogP contribution in [0.3, 0.4) is 0 Å².